The maximum atomic E-state index is 13.1. The van der Waals surface area contributed by atoms with E-state index in [1.54, 1.807) is 12.3 Å². The van der Waals surface area contributed by atoms with Gasteiger partial charge in [0.1, 0.15) is 21.2 Å². The Morgan fingerprint density at radius 3 is 2.59 bits per heavy atom. The third-order valence-corrected chi connectivity index (χ3v) is 5.91. The number of alkyl halides is 3. The summed E-state index contributed by atoms with van der Waals surface area (Å²) in [5, 5.41) is 2.46. The molecule has 0 spiro atoms. The molecule has 2 heterocycles. The summed E-state index contributed by atoms with van der Waals surface area (Å²) in [7, 11) is 0. The summed E-state index contributed by atoms with van der Waals surface area (Å²) in [6.45, 7) is 3.27. The van der Waals surface area contributed by atoms with Crippen LogP contribution >= 0.6 is 22.7 Å². The molecule has 0 aliphatic heterocycles. The van der Waals surface area contributed by atoms with Crippen LogP contribution in [0, 0.1) is 6.92 Å². The van der Waals surface area contributed by atoms with Crippen molar-refractivity contribution in [2.45, 2.75) is 44.7 Å². The molecule has 118 valence electrons. The van der Waals surface area contributed by atoms with E-state index in [1.165, 1.54) is 18.3 Å². The molecule has 1 fully saturated rings. The van der Waals surface area contributed by atoms with Crippen molar-refractivity contribution in [2.24, 2.45) is 0 Å². The van der Waals surface area contributed by atoms with Gasteiger partial charge in [-0.3, -0.25) is 4.79 Å². The fourth-order valence-electron chi connectivity index (χ4n) is 2.32. The van der Waals surface area contributed by atoms with Crippen LogP contribution in [0.1, 0.15) is 35.5 Å². The smallest absolute Gasteiger partial charge is 0.300 e. The highest BCUT2D eigenvalue weighted by Gasteiger charge is 2.66. The number of nitrogens with zero attached hydrogens (tertiary/aromatic N) is 2. The van der Waals surface area contributed by atoms with Crippen molar-refractivity contribution in [3.05, 3.63) is 21.1 Å². The second kappa shape index (κ2) is 5.13. The Bertz CT molecular complexity index is 729. The topological polar surface area (TPSA) is 42.9 Å². The first-order chi connectivity index (χ1) is 10.2. The fraction of sp³-hybridized carbons (Fsp3) is 0.500. The van der Waals surface area contributed by atoms with Gasteiger partial charge in [-0.15, -0.1) is 22.7 Å². The van der Waals surface area contributed by atoms with E-state index < -0.39 is 11.6 Å². The summed E-state index contributed by atoms with van der Waals surface area (Å²) < 4.78 is 39.4. The first-order valence-electron chi connectivity index (χ1n) is 6.72. The standard InChI is InChI=1S/C14H13F3N2OS2/c1-7(20)5-10-18-8(2)11(22-10)9-6-21-12(19-9)13(3-4-13)14(15,16)17/h6H,3-5H2,1-2H3. The number of carbonyl (C=O) groups excluding carboxylic acids is 1. The lowest BCUT2D eigenvalue weighted by molar-refractivity contribution is -0.160. The number of hydrogen-bond acceptors (Lipinski definition) is 5. The van der Waals surface area contributed by atoms with Gasteiger partial charge < -0.3 is 0 Å². The van der Waals surface area contributed by atoms with Crippen LogP contribution in [0.5, 0.6) is 0 Å². The second-order valence-corrected chi connectivity index (χ2v) is 7.46. The van der Waals surface area contributed by atoms with Crippen molar-refractivity contribution in [3.8, 4) is 10.6 Å². The van der Waals surface area contributed by atoms with E-state index in [-0.39, 0.29) is 30.1 Å². The molecule has 1 aliphatic carbocycles. The summed E-state index contributed by atoms with van der Waals surface area (Å²) in [4.78, 5) is 20.4. The molecule has 0 amide bonds. The van der Waals surface area contributed by atoms with Gasteiger partial charge >= 0.3 is 6.18 Å². The van der Waals surface area contributed by atoms with Crippen molar-refractivity contribution in [3.63, 3.8) is 0 Å². The molecule has 2 aromatic heterocycles. The number of halogens is 3. The van der Waals surface area contributed by atoms with Crippen molar-refractivity contribution in [1.82, 2.24) is 9.97 Å². The molecule has 3 nitrogen and oxygen atoms in total. The van der Waals surface area contributed by atoms with Crippen LogP contribution in [0.4, 0.5) is 13.2 Å². The molecule has 0 unspecified atom stereocenters. The van der Waals surface area contributed by atoms with Crippen molar-refractivity contribution in [1.29, 1.82) is 0 Å². The zero-order chi connectivity index (χ0) is 16.1. The molecule has 0 radical (unpaired) electrons. The maximum Gasteiger partial charge on any atom is 0.400 e. The normalized spacial score (nSPS) is 16.8. The lowest BCUT2D eigenvalue weighted by Crippen LogP contribution is -2.28. The zero-order valence-electron chi connectivity index (χ0n) is 12.0. The third kappa shape index (κ3) is 2.58. The number of carbonyl (C=O) groups is 1. The molecule has 1 saturated carbocycles. The fourth-order valence-corrected chi connectivity index (χ4v) is 4.58. The van der Waals surface area contributed by atoms with Gasteiger partial charge in [0.2, 0.25) is 0 Å². The summed E-state index contributed by atoms with van der Waals surface area (Å²) in [5.41, 5.74) is -0.508. The third-order valence-electron chi connectivity index (χ3n) is 3.68. The van der Waals surface area contributed by atoms with E-state index in [1.807, 2.05) is 0 Å². The van der Waals surface area contributed by atoms with Crippen LogP contribution in [0.3, 0.4) is 0 Å². The molecule has 0 atom stereocenters. The SMILES string of the molecule is CC(=O)Cc1nc(C)c(-c2csc(C3(C(F)(F)F)CC3)n2)s1. The van der Waals surface area contributed by atoms with E-state index >= 15 is 0 Å². The molecule has 3 rings (SSSR count). The van der Waals surface area contributed by atoms with Gasteiger partial charge in [0.05, 0.1) is 22.7 Å². The molecular formula is C14H13F3N2OS2. The van der Waals surface area contributed by atoms with E-state index in [0.29, 0.717) is 16.4 Å². The van der Waals surface area contributed by atoms with Crippen molar-refractivity contribution < 1.29 is 18.0 Å². The highest BCUT2D eigenvalue weighted by molar-refractivity contribution is 7.16. The van der Waals surface area contributed by atoms with Crippen molar-refractivity contribution in [2.75, 3.05) is 0 Å². The molecule has 22 heavy (non-hydrogen) atoms. The highest BCUT2D eigenvalue weighted by Crippen LogP contribution is 2.59. The Labute approximate surface area is 133 Å². The Hall–Kier alpha value is -1.28. The van der Waals surface area contributed by atoms with E-state index in [2.05, 4.69) is 9.97 Å². The largest absolute Gasteiger partial charge is 0.400 e. The summed E-state index contributed by atoms with van der Waals surface area (Å²) in [6, 6.07) is 0. The predicted molar refractivity (Wildman–Crippen MR) is 79.3 cm³/mol. The molecule has 0 N–H and O–H groups in total. The molecule has 1 aliphatic rings. The van der Waals surface area contributed by atoms with Gasteiger partial charge in [-0.2, -0.15) is 13.2 Å². The monoisotopic (exact) mass is 346 g/mol. The Balaban J connectivity index is 1.92. The number of rotatable bonds is 4. The summed E-state index contributed by atoms with van der Waals surface area (Å²) >= 11 is 2.38. The number of aromatic nitrogens is 2. The van der Waals surface area contributed by atoms with E-state index in [4.69, 9.17) is 0 Å². The van der Waals surface area contributed by atoms with Gasteiger partial charge in [0, 0.05) is 5.38 Å². The van der Waals surface area contributed by atoms with Crippen LogP contribution in [-0.2, 0) is 16.6 Å². The second-order valence-electron chi connectivity index (χ2n) is 5.52. The van der Waals surface area contributed by atoms with Crippen LogP contribution in [-0.4, -0.2) is 21.9 Å². The molecule has 0 bridgehead atoms. The lowest BCUT2D eigenvalue weighted by Gasteiger charge is -2.15. The molecule has 0 aromatic carbocycles. The quantitative estimate of drug-likeness (QED) is 0.829. The number of Topliss-reactive ketones (excluding diaryl/α,β-unsaturated/α-hetero) is 1. The molecular weight excluding hydrogens is 333 g/mol. The number of hydrogen-bond donors (Lipinski definition) is 0. The van der Waals surface area contributed by atoms with Gasteiger partial charge in [0.15, 0.2) is 0 Å². The van der Waals surface area contributed by atoms with E-state index in [0.717, 1.165) is 16.2 Å². The van der Waals surface area contributed by atoms with Gasteiger partial charge in [0.25, 0.3) is 0 Å². The Morgan fingerprint density at radius 1 is 1.36 bits per heavy atom. The Kier molecular flexibility index (Phi) is 3.64. The molecule has 2 aromatic rings. The highest BCUT2D eigenvalue weighted by atomic mass is 32.1. The van der Waals surface area contributed by atoms with Crippen LogP contribution in [0.2, 0.25) is 0 Å². The Morgan fingerprint density at radius 2 is 2.05 bits per heavy atom. The lowest BCUT2D eigenvalue weighted by atomic mass is 10.1. The van der Waals surface area contributed by atoms with Crippen LogP contribution in [0.15, 0.2) is 5.38 Å². The predicted octanol–water partition coefficient (Wildman–Crippen LogP) is 4.30. The van der Waals surface area contributed by atoms with E-state index in [9.17, 15) is 18.0 Å². The number of ketones is 1. The summed E-state index contributed by atoms with van der Waals surface area (Å²) in [5.74, 6) is 0.00766. The zero-order valence-corrected chi connectivity index (χ0v) is 13.6. The number of aryl methyl sites for hydroxylation is 1. The average molecular weight is 346 g/mol. The van der Waals surface area contributed by atoms with Crippen LogP contribution < -0.4 is 0 Å². The minimum atomic E-state index is -4.25. The molecule has 8 heteroatoms. The summed E-state index contributed by atoms with van der Waals surface area (Å²) in [6.07, 6.45) is -3.78. The van der Waals surface area contributed by atoms with Gasteiger partial charge in [-0.05, 0) is 26.7 Å². The van der Waals surface area contributed by atoms with Crippen molar-refractivity contribution >= 4 is 28.5 Å². The number of thiazole rings is 2. The maximum absolute atomic E-state index is 13.1. The first kappa shape index (κ1) is 15.6. The minimum absolute atomic E-state index is 0.00766. The average Bonchev–Trinajstić information content (AvgIpc) is 2.94. The minimum Gasteiger partial charge on any atom is -0.300 e. The van der Waals surface area contributed by atoms with Crippen LogP contribution in [0.25, 0.3) is 10.6 Å². The first-order valence-corrected chi connectivity index (χ1v) is 8.41. The van der Waals surface area contributed by atoms with Gasteiger partial charge in [-0.25, -0.2) is 9.97 Å². The van der Waals surface area contributed by atoms with Gasteiger partial charge in [-0.1, -0.05) is 0 Å². The molecule has 0 saturated heterocycles.